The summed E-state index contributed by atoms with van der Waals surface area (Å²) < 4.78 is 0. The number of rotatable bonds is 0. The maximum atomic E-state index is 5.51. The van der Waals surface area contributed by atoms with Gasteiger partial charge in [0.05, 0.1) is 0 Å². The summed E-state index contributed by atoms with van der Waals surface area (Å²) >= 11 is 0. The molecule has 0 aromatic rings. The number of hydrogen-bond acceptors (Lipinski definition) is 0. The molecule has 0 amide bonds. The summed E-state index contributed by atoms with van der Waals surface area (Å²) in [6.45, 7) is 0. The highest BCUT2D eigenvalue weighted by Crippen LogP contribution is 2.22. The highest BCUT2D eigenvalue weighted by atomic mass is 31.1. The molecule has 8 heavy (non-hydrogen) atoms. The smallest absolute Gasteiger partial charge is 0.0938 e. The van der Waals surface area contributed by atoms with E-state index < -0.39 is 0 Å². The zero-order valence-corrected chi connectivity index (χ0v) is 5.46. The van der Waals surface area contributed by atoms with Gasteiger partial charge >= 0.3 is 0 Å². The fourth-order valence-electron chi connectivity index (χ4n) is 0.471. The lowest BCUT2D eigenvalue weighted by Gasteiger charge is -1.87. The van der Waals surface area contributed by atoms with Gasteiger partial charge in [-0.2, -0.15) is 0 Å². The van der Waals surface area contributed by atoms with Gasteiger partial charge in [-0.3, -0.25) is 0 Å². The van der Waals surface area contributed by atoms with Crippen molar-refractivity contribution in [3.05, 3.63) is 35.3 Å². The molecule has 2 heteroatoms. The Morgan fingerprint density at radius 1 is 1.25 bits per heavy atom. The third-order valence-corrected chi connectivity index (χ3v) is 1.70. The quantitative estimate of drug-likeness (QED) is 0.337. The summed E-state index contributed by atoms with van der Waals surface area (Å²) in [7, 11) is 6.17. The predicted molar refractivity (Wildman–Crippen MR) is 40.4 cm³/mol. The van der Waals surface area contributed by atoms with Crippen molar-refractivity contribution >= 4 is 16.4 Å². The first-order valence-corrected chi connectivity index (χ1v) is 3.53. The van der Waals surface area contributed by atoms with E-state index in [4.69, 9.17) is 7.85 Å². The Hall–Kier alpha value is -0.285. The standard InChI is InChI=1S/C6H6BP/c7-6-4-2-1-3-5-8-6/h1-5,8H. The normalized spacial score (nSPS) is 20.8. The van der Waals surface area contributed by atoms with Crippen molar-refractivity contribution in [1.82, 2.24) is 0 Å². The van der Waals surface area contributed by atoms with Crippen molar-refractivity contribution in [1.29, 1.82) is 0 Å². The first kappa shape index (κ1) is 5.84. The van der Waals surface area contributed by atoms with Crippen molar-refractivity contribution < 1.29 is 0 Å². The van der Waals surface area contributed by atoms with Gasteiger partial charge in [0.25, 0.3) is 0 Å². The third kappa shape index (κ3) is 1.67. The summed E-state index contributed by atoms with van der Waals surface area (Å²) in [4.78, 5) is 0. The fourth-order valence-corrected chi connectivity index (χ4v) is 1.06. The van der Waals surface area contributed by atoms with Crippen molar-refractivity contribution in [3.63, 3.8) is 0 Å². The van der Waals surface area contributed by atoms with Crippen LogP contribution in [0.2, 0.25) is 0 Å². The first-order chi connectivity index (χ1) is 3.89. The maximum absolute atomic E-state index is 5.51. The largest absolute Gasteiger partial charge is 0.114 e. The topological polar surface area (TPSA) is 0 Å². The van der Waals surface area contributed by atoms with Crippen molar-refractivity contribution in [2.45, 2.75) is 0 Å². The van der Waals surface area contributed by atoms with Crippen LogP contribution in [0, 0.1) is 0 Å². The third-order valence-electron chi connectivity index (χ3n) is 0.844. The summed E-state index contributed by atoms with van der Waals surface area (Å²) in [6.07, 6.45) is 7.87. The molecule has 0 aliphatic carbocycles. The molecule has 0 fully saturated rings. The minimum Gasteiger partial charge on any atom is -0.0938 e. The molecule has 0 bridgehead atoms. The van der Waals surface area contributed by atoms with E-state index in [1.807, 2.05) is 24.3 Å². The van der Waals surface area contributed by atoms with E-state index >= 15 is 0 Å². The predicted octanol–water partition coefficient (Wildman–Crippen LogP) is 1.76. The monoisotopic (exact) mass is 120 g/mol. The summed E-state index contributed by atoms with van der Waals surface area (Å²) in [5, 5.41) is 0.954. The van der Waals surface area contributed by atoms with E-state index in [0.717, 1.165) is 5.21 Å². The second kappa shape index (κ2) is 2.89. The summed E-state index contributed by atoms with van der Waals surface area (Å²) in [5.41, 5.74) is 0. The lowest BCUT2D eigenvalue weighted by atomic mass is 10.1. The van der Waals surface area contributed by atoms with Crippen LogP contribution < -0.4 is 0 Å². The van der Waals surface area contributed by atoms with Crippen LogP contribution in [0.3, 0.4) is 0 Å². The van der Waals surface area contributed by atoms with Crippen LogP contribution in [0.15, 0.2) is 35.3 Å². The second-order valence-electron chi connectivity index (χ2n) is 1.51. The lowest BCUT2D eigenvalue weighted by molar-refractivity contribution is 1.97. The zero-order valence-electron chi connectivity index (χ0n) is 4.46. The van der Waals surface area contributed by atoms with Gasteiger partial charge in [0.2, 0.25) is 0 Å². The van der Waals surface area contributed by atoms with Crippen LogP contribution >= 0.6 is 8.58 Å². The number of hydrogen-bond donors (Lipinski definition) is 0. The molecule has 0 nitrogen and oxygen atoms in total. The van der Waals surface area contributed by atoms with Crippen molar-refractivity contribution in [3.8, 4) is 0 Å². The molecule has 1 aliphatic heterocycles. The minimum atomic E-state index is 0.664. The van der Waals surface area contributed by atoms with E-state index in [9.17, 15) is 0 Å². The Labute approximate surface area is 52.6 Å². The lowest BCUT2D eigenvalue weighted by Crippen LogP contribution is -1.62. The average Bonchev–Trinajstić information content (AvgIpc) is 1.94. The van der Waals surface area contributed by atoms with Gasteiger partial charge in [-0.15, -0.1) is 0 Å². The Kier molecular flexibility index (Phi) is 2.11. The average molecular weight is 120 g/mol. The molecule has 0 saturated carbocycles. The Morgan fingerprint density at radius 3 is 3.00 bits per heavy atom. The van der Waals surface area contributed by atoms with Gasteiger partial charge in [-0.1, -0.05) is 43.9 Å². The van der Waals surface area contributed by atoms with Gasteiger partial charge < -0.3 is 0 Å². The molecule has 0 saturated heterocycles. The van der Waals surface area contributed by atoms with Crippen LogP contribution in [0.25, 0.3) is 0 Å². The van der Waals surface area contributed by atoms with Gasteiger partial charge in [0, 0.05) is 0 Å². The molecular formula is C6H6BP. The van der Waals surface area contributed by atoms with Crippen LogP contribution in [0.5, 0.6) is 0 Å². The van der Waals surface area contributed by atoms with Gasteiger partial charge in [0.1, 0.15) is 7.85 Å². The molecule has 0 aromatic carbocycles. The highest BCUT2D eigenvalue weighted by molar-refractivity contribution is 7.49. The number of allylic oxidation sites excluding steroid dienone is 4. The maximum Gasteiger partial charge on any atom is 0.114 e. The molecule has 1 atom stereocenters. The van der Waals surface area contributed by atoms with Crippen molar-refractivity contribution in [2.24, 2.45) is 0 Å². The SMILES string of the molecule is [B]C1=CC=CC=CP1. The van der Waals surface area contributed by atoms with E-state index in [1.54, 1.807) is 0 Å². The molecule has 38 valence electrons. The molecule has 2 radical (unpaired) electrons. The van der Waals surface area contributed by atoms with Gasteiger partial charge in [-0.25, -0.2) is 0 Å². The molecule has 1 heterocycles. The van der Waals surface area contributed by atoms with Gasteiger partial charge in [-0.05, 0) is 0 Å². The Balaban J connectivity index is 2.69. The van der Waals surface area contributed by atoms with E-state index in [2.05, 4.69) is 5.82 Å². The molecular weight excluding hydrogens is 114 g/mol. The van der Waals surface area contributed by atoms with Crippen molar-refractivity contribution in [2.75, 3.05) is 0 Å². The fraction of sp³-hybridized carbons (Fsp3) is 0. The van der Waals surface area contributed by atoms with Gasteiger partial charge in [0.15, 0.2) is 0 Å². The Bertz CT molecular complexity index is 156. The van der Waals surface area contributed by atoms with E-state index in [0.29, 0.717) is 8.58 Å². The summed E-state index contributed by atoms with van der Waals surface area (Å²) in [6, 6.07) is 0. The minimum absolute atomic E-state index is 0.664. The highest BCUT2D eigenvalue weighted by Gasteiger charge is 1.82. The molecule has 1 rings (SSSR count). The zero-order chi connectivity index (χ0) is 5.82. The van der Waals surface area contributed by atoms with Crippen LogP contribution in [0.1, 0.15) is 0 Å². The Morgan fingerprint density at radius 2 is 2.12 bits per heavy atom. The second-order valence-corrected chi connectivity index (χ2v) is 2.71. The molecule has 0 spiro atoms. The molecule has 1 aliphatic rings. The molecule has 0 N–H and O–H groups in total. The van der Waals surface area contributed by atoms with Crippen LogP contribution in [0.4, 0.5) is 0 Å². The summed E-state index contributed by atoms with van der Waals surface area (Å²) in [5.74, 6) is 2.06. The van der Waals surface area contributed by atoms with E-state index in [-0.39, 0.29) is 0 Å². The van der Waals surface area contributed by atoms with Crippen LogP contribution in [-0.4, -0.2) is 7.85 Å². The molecule has 0 aromatic heterocycles. The molecule has 1 unspecified atom stereocenters. The van der Waals surface area contributed by atoms with E-state index in [1.165, 1.54) is 0 Å². The van der Waals surface area contributed by atoms with Crippen LogP contribution in [-0.2, 0) is 0 Å². The first-order valence-electron chi connectivity index (χ1n) is 2.45.